The van der Waals surface area contributed by atoms with Gasteiger partial charge in [-0.3, -0.25) is 0 Å². The van der Waals surface area contributed by atoms with Gasteiger partial charge in [-0.05, 0) is 35.9 Å². The Hall–Kier alpha value is -1.83. The summed E-state index contributed by atoms with van der Waals surface area (Å²) in [7, 11) is 1.64. The molecule has 1 N–H and O–H groups in total. The number of benzene rings is 2. The molecule has 0 saturated carbocycles. The standard InChI is InChI=1S/C16H15BrN2O/c1-20-16-6-5-12(9-18)7-14(16)11-19-10-13-3-2-4-15(17)8-13/h2-8,19H,10-11H2,1H3. The van der Waals surface area contributed by atoms with E-state index >= 15 is 0 Å². The number of nitrogens with one attached hydrogen (secondary N) is 1. The summed E-state index contributed by atoms with van der Waals surface area (Å²) < 4.78 is 6.38. The van der Waals surface area contributed by atoms with E-state index in [9.17, 15) is 0 Å². The van der Waals surface area contributed by atoms with E-state index in [0.717, 1.165) is 22.3 Å². The first-order chi connectivity index (χ1) is 9.72. The maximum absolute atomic E-state index is 8.94. The zero-order chi connectivity index (χ0) is 14.4. The van der Waals surface area contributed by atoms with Crippen LogP contribution < -0.4 is 10.1 Å². The Morgan fingerprint density at radius 2 is 2.05 bits per heavy atom. The third-order valence-corrected chi connectivity index (χ3v) is 3.44. The van der Waals surface area contributed by atoms with E-state index in [4.69, 9.17) is 10.00 Å². The minimum Gasteiger partial charge on any atom is -0.496 e. The minimum atomic E-state index is 0.644. The van der Waals surface area contributed by atoms with Gasteiger partial charge in [0.2, 0.25) is 0 Å². The molecule has 0 aliphatic carbocycles. The molecule has 0 aromatic heterocycles. The van der Waals surface area contributed by atoms with Crippen molar-refractivity contribution in [2.45, 2.75) is 13.1 Å². The molecule has 0 heterocycles. The third kappa shape index (κ3) is 3.83. The van der Waals surface area contributed by atoms with Crippen LogP contribution in [-0.2, 0) is 13.1 Å². The zero-order valence-electron chi connectivity index (χ0n) is 11.2. The van der Waals surface area contributed by atoms with Gasteiger partial charge in [0, 0.05) is 23.1 Å². The van der Waals surface area contributed by atoms with Crippen LogP contribution >= 0.6 is 15.9 Å². The number of hydrogen-bond acceptors (Lipinski definition) is 3. The molecule has 0 saturated heterocycles. The SMILES string of the molecule is COc1ccc(C#N)cc1CNCc1cccc(Br)c1. The molecule has 0 unspecified atom stereocenters. The predicted octanol–water partition coefficient (Wildman–Crippen LogP) is 3.62. The largest absolute Gasteiger partial charge is 0.496 e. The monoisotopic (exact) mass is 330 g/mol. The molecule has 20 heavy (non-hydrogen) atoms. The van der Waals surface area contributed by atoms with Crippen molar-refractivity contribution >= 4 is 15.9 Å². The van der Waals surface area contributed by atoms with Gasteiger partial charge in [-0.2, -0.15) is 5.26 Å². The van der Waals surface area contributed by atoms with E-state index in [1.807, 2.05) is 24.3 Å². The molecule has 2 aromatic rings. The zero-order valence-corrected chi connectivity index (χ0v) is 12.8. The second-order valence-corrected chi connectivity index (χ2v) is 5.29. The molecule has 0 fully saturated rings. The summed E-state index contributed by atoms with van der Waals surface area (Å²) in [5.41, 5.74) is 2.83. The number of ether oxygens (including phenoxy) is 1. The lowest BCUT2D eigenvalue weighted by Gasteiger charge is -2.10. The Morgan fingerprint density at radius 1 is 1.20 bits per heavy atom. The lowest BCUT2D eigenvalue weighted by atomic mass is 10.1. The van der Waals surface area contributed by atoms with Gasteiger partial charge in [-0.25, -0.2) is 0 Å². The number of methoxy groups -OCH3 is 1. The van der Waals surface area contributed by atoms with Crippen molar-refractivity contribution in [1.82, 2.24) is 5.32 Å². The Bertz CT molecular complexity index is 635. The fraction of sp³-hybridized carbons (Fsp3) is 0.188. The first-order valence-electron chi connectivity index (χ1n) is 6.25. The molecular formula is C16H15BrN2O. The van der Waals surface area contributed by atoms with Gasteiger partial charge in [0.1, 0.15) is 5.75 Å². The maximum Gasteiger partial charge on any atom is 0.123 e. The van der Waals surface area contributed by atoms with Gasteiger partial charge in [0.05, 0.1) is 18.7 Å². The second kappa shape index (κ2) is 7.09. The van der Waals surface area contributed by atoms with Crippen LogP contribution in [0.25, 0.3) is 0 Å². The number of hydrogen-bond donors (Lipinski definition) is 1. The van der Waals surface area contributed by atoms with Crippen molar-refractivity contribution < 1.29 is 4.74 Å². The molecule has 2 aromatic carbocycles. The minimum absolute atomic E-state index is 0.644. The van der Waals surface area contributed by atoms with Crippen LogP contribution in [0, 0.1) is 11.3 Å². The Labute approximate surface area is 127 Å². The molecule has 0 amide bonds. The van der Waals surface area contributed by atoms with E-state index in [2.05, 4.69) is 39.4 Å². The van der Waals surface area contributed by atoms with Crippen LogP contribution in [0.1, 0.15) is 16.7 Å². The Morgan fingerprint density at radius 3 is 2.75 bits per heavy atom. The van der Waals surface area contributed by atoms with Gasteiger partial charge in [-0.15, -0.1) is 0 Å². The van der Waals surface area contributed by atoms with Crippen LogP contribution in [0.5, 0.6) is 5.75 Å². The van der Waals surface area contributed by atoms with Crippen LogP contribution in [-0.4, -0.2) is 7.11 Å². The highest BCUT2D eigenvalue weighted by Gasteiger charge is 2.04. The summed E-state index contributed by atoms with van der Waals surface area (Å²) in [4.78, 5) is 0. The van der Waals surface area contributed by atoms with Crippen molar-refractivity contribution in [2.24, 2.45) is 0 Å². The first kappa shape index (κ1) is 14.6. The number of halogens is 1. The molecule has 0 bridgehead atoms. The Balaban J connectivity index is 2.02. The normalized spacial score (nSPS) is 10.1. The van der Waals surface area contributed by atoms with Crippen molar-refractivity contribution in [3.05, 3.63) is 63.6 Å². The van der Waals surface area contributed by atoms with E-state index in [1.165, 1.54) is 5.56 Å². The molecule has 0 atom stereocenters. The highest BCUT2D eigenvalue weighted by molar-refractivity contribution is 9.10. The first-order valence-corrected chi connectivity index (χ1v) is 7.04. The molecule has 0 aliphatic rings. The van der Waals surface area contributed by atoms with Gasteiger partial charge in [-0.1, -0.05) is 28.1 Å². The van der Waals surface area contributed by atoms with Crippen molar-refractivity contribution in [3.63, 3.8) is 0 Å². The van der Waals surface area contributed by atoms with E-state index < -0.39 is 0 Å². The van der Waals surface area contributed by atoms with Gasteiger partial charge >= 0.3 is 0 Å². The smallest absolute Gasteiger partial charge is 0.123 e. The quantitative estimate of drug-likeness (QED) is 0.910. The second-order valence-electron chi connectivity index (χ2n) is 4.37. The topological polar surface area (TPSA) is 45.0 Å². The summed E-state index contributed by atoms with van der Waals surface area (Å²) in [6, 6.07) is 15.8. The van der Waals surface area contributed by atoms with Gasteiger partial charge < -0.3 is 10.1 Å². The van der Waals surface area contributed by atoms with Crippen LogP contribution in [0.3, 0.4) is 0 Å². The summed E-state index contributed by atoms with van der Waals surface area (Å²) in [5, 5.41) is 12.3. The molecule has 0 aliphatic heterocycles. The fourth-order valence-electron chi connectivity index (χ4n) is 1.97. The average Bonchev–Trinajstić information content (AvgIpc) is 2.47. The molecular weight excluding hydrogens is 316 g/mol. The number of rotatable bonds is 5. The fourth-order valence-corrected chi connectivity index (χ4v) is 2.42. The molecule has 2 rings (SSSR count). The van der Waals surface area contributed by atoms with Crippen molar-refractivity contribution in [3.8, 4) is 11.8 Å². The Kier molecular flexibility index (Phi) is 5.16. The molecule has 0 radical (unpaired) electrons. The van der Waals surface area contributed by atoms with E-state index in [1.54, 1.807) is 13.2 Å². The van der Waals surface area contributed by atoms with Crippen LogP contribution in [0.2, 0.25) is 0 Å². The summed E-state index contributed by atoms with van der Waals surface area (Å²) in [6.45, 7) is 1.42. The molecule has 102 valence electrons. The van der Waals surface area contributed by atoms with Crippen LogP contribution in [0.15, 0.2) is 46.9 Å². The average molecular weight is 331 g/mol. The molecule has 4 heteroatoms. The highest BCUT2D eigenvalue weighted by Crippen LogP contribution is 2.19. The molecule has 3 nitrogen and oxygen atoms in total. The van der Waals surface area contributed by atoms with Crippen LogP contribution in [0.4, 0.5) is 0 Å². The maximum atomic E-state index is 8.94. The van der Waals surface area contributed by atoms with Gasteiger partial charge in [0.15, 0.2) is 0 Å². The summed E-state index contributed by atoms with van der Waals surface area (Å²) in [5.74, 6) is 0.797. The number of nitrogens with zero attached hydrogens (tertiary/aromatic N) is 1. The van der Waals surface area contributed by atoms with E-state index in [-0.39, 0.29) is 0 Å². The highest BCUT2D eigenvalue weighted by atomic mass is 79.9. The predicted molar refractivity (Wildman–Crippen MR) is 82.4 cm³/mol. The lowest BCUT2D eigenvalue weighted by Crippen LogP contribution is -2.13. The van der Waals surface area contributed by atoms with E-state index in [0.29, 0.717) is 12.1 Å². The van der Waals surface area contributed by atoms with Gasteiger partial charge in [0.25, 0.3) is 0 Å². The molecule has 0 spiro atoms. The number of nitriles is 1. The van der Waals surface area contributed by atoms with Crippen molar-refractivity contribution in [1.29, 1.82) is 5.26 Å². The summed E-state index contributed by atoms with van der Waals surface area (Å²) >= 11 is 3.46. The lowest BCUT2D eigenvalue weighted by molar-refractivity contribution is 0.407. The third-order valence-electron chi connectivity index (χ3n) is 2.94. The van der Waals surface area contributed by atoms with Crippen molar-refractivity contribution in [2.75, 3.05) is 7.11 Å². The summed E-state index contributed by atoms with van der Waals surface area (Å²) in [6.07, 6.45) is 0.